The first-order valence-corrected chi connectivity index (χ1v) is 16.0. The van der Waals surface area contributed by atoms with Crippen LogP contribution >= 0.6 is 23.2 Å². The third-order valence-corrected chi connectivity index (χ3v) is 10.8. The monoisotopic (exact) mass is 608 g/mol. The number of carbonyl (C=O) groups excluding carboxylic acids is 1. The van der Waals surface area contributed by atoms with E-state index in [1.165, 1.54) is 6.92 Å². The smallest absolute Gasteiger partial charge is 0.306 e. The van der Waals surface area contributed by atoms with Crippen molar-refractivity contribution in [2.75, 3.05) is 12.3 Å². The standard InChI is InChI=1S/C29H34Cl2N2O6S/c1-18-5-4-14-32(18)40(37,38)17-24(19-8-9-19)33-26(20-10-12-22(30)13-11-20)27(21-6-3-7-23(31)15-21)39-29(2,28(33)36)16-25(34)35/h3,6-7,10-13,15,18-19,24,26-27H,4-5,8-9,14,16-17H2,1-2H3,(H,34,35)/t18?,24-,26-,27-,29-/m1/s1. The molecule has 2 aromatic rings. The predicted molar refractivity (Wildman–Crippen MR) is 153 cm³/mol. The van der Waals surface area contributed by atoms with Gasteiger partial charge in [0.1, 0.15) is 6.10 Å². The van der Waals surface area contributed by atoms with Gasteiger partial charge in [0, 0.05) is 22.6 Å². The van der Waals surface area contributed by atoms with E-state index in [2.05, 4.69) is 0 Å². The molecule has 1 amide bonds. The summed E-state index contributed by atoms with van der Waals surface area (Å²) in [6.07, 6.45) is 1.78. The summed E-state index contributed by atoms with van der Waals surface area (Å²) in [5.41, 5.74) is -0.357. The molecule has 0 aromatic heterocycles. The third kappa shape index (κ3) is 5.90. The van der Waals surface area contributed by atoms with E-state index in [0.29, 0.717) is 27.7 Å². The summed E-state index contributed by atoms with van der Waals surface area (Å²) in [5, 5.41) is 10.8. The van der Waals surface area contributed by atoms with Crippen LogP contribution in [0.5, 0.6) is 0 Å². The Morgan fingerprint density at radius 3 is 2.38 bits per heavy atom. The minimum atomic E-state index is -3.71. The van der Waals surface area contributed by atoms with Crippen LogP contribution in [0.3, 0.4) is 0 Å². The molecule has 1 unspecified atom stereocenters. The van der Waals surface area contributed by atoms with E-state index in [1.54, 1.807) is 51.7 Å². The van der Waals surface area contributed by atoms with Crippen LogP contribution in [0.2, 0.25) is 10.0 Å². The van der Waals surface area contributed by atoms with E-state index in [1.807, 2.05) is 13.0 Å². The van der Waals surface area contributed by atoms with Crippen LogP contribution < -0.4 is 0 Å². The number of sulfonamides is 1. The summed E-state index contributed by atoms with van der Waals surface area (Å²) >= 11 is 12.6. The van der Waals surface area contributed by atoms with Crippen LogP contribution in [0, 0.1) is 5.92 Å². The molecule has 2 aromatic carbocycles. The molecule has 5 atom stereocenters. The summed E-state index contributed by atoms with van der Waals surface area (Å²) in [7, 11) is -3.71. The summed E-state index contributed by atoms with van der Waals surface area (Å²) in [4.78, 5) is 28.0. The molecule has 8 nitrogen and oxygen atoms in total. The van der Waals surface area contributed by atoms with Crippen LogP contribution in [0.1, 0.15) is 69.2 Å². The number of benzene rings is 2. The molecule has 5 rings (SSSR count). The second-order valence-electron chi connectivity index (χ2n) is 11.4. The van der Waals surface area contributed by atoms with E-state index in [4.69, 9.17) is 27.9 Å². The summed E-state index contributed by atoms with van der Waals surface area (Å²) in [6.45, 7) is 3.85. The van der Waals surface area contributed by atoms with Gasteiger partial charge in [-0.25, -0.2) is 8.42 Å². The van der Waals surface area contributed by atoms with Crippen molar-refractivity contribution in [1.29, 1.82) is 0 Å². The molecule has 2 saturated heterocycles. The molecule has 0 spiro atoms. The highest BCUT2D eigenvalue weighted by atomic mass is 35.5. The van der Waals surface area contributed by atoms with Crippen molar-refractivity contribution < 1.29 is 27.9 Å². The number of ether oxygens (including phenoxy) is 1. The maximum Gasteiger partial charge on any atom is 0.306 e. The number of hydrogen-bond donors (Lipinski definition) is 1. The molecule has 0 radical (unpaired) electrons. The molecular weight excluding hydrogens is 575 g/mol. The highest BCUT2D eigenvalue weighted by Gasteiger charge is 2.56. The van der Waals surface area contributed by atoms with E-state index in [9.17, 15) is 23.1 Å². The number of rotatable bonds is 9. The Balaban J connectivity index is 1.66. The lowest BCUT2D eigenvalue weighted by atomic mass is 9.85. The van der Waals surface area contributed by atoms with Crippen molar-refractivity contribution in [3.8, 4) is 0 Å². The van der Waals surface area contributed by atoms with E-state index in [0.717, 1.165) is 25.7 Å². The van der Waals surface area contributed by atoms with Crippen LogP contribution in [0.4, 0.5) is 0 Å². The zero-order chi connectivity index (χ0) is 28.8. The Labute approximate surface area is 245 Å². The number of amides is 1. The first-order valence-electron chi connectivity index (χ1n) is 13.6. The number of carboxylic acids is 1. The van der Waals surface area contributed by atoms with Gasteiger partial charge in [-0.2, -0.15) is 4.31 Å². The fourth-order valence-corrected chi connectivity index (χ4v) is 8.63. The Kier molecular flexibility index (Phi) is 8.25. The van der Waals surface area contributed by atoms with Crippen molar-refractivity contribution in [1.82, 2.24) is 9.21 Å². The number of aliphatic carboxylic acids is 1. The summed E-state index contributed by atoms with van der Waals surface area (Å²) in [5.74, 6) is -1.98. The lowest BCUT2D eigenvalue weighted by molar-refractivity contribution is -0.206. The maximum atomic E-state index is 14.4. The zero-order valence-corrected chi connectivity index (χ0v) is 24.8. The van der Waals surface area contributed by atoms with Gasteiger partial charge in [-0.05, 0) is 80.8 Å². The lowest BCUT2D eigenvalue weighted by Gasteiger charge is -2.51. The minimum absolute atomic E-state index is 0.0291. The van der Waals surface area contributed by atoms with Crippen LogP contribution in [-0.4, -0.2) is 64.6 Å². The second kappa shape index (κ2) is 11.2. The van der Waals surface area contributed by atoms with Crippen LogP contribution in [0.25, 0.3) is 0 Å². The normalized spacial score (nSPS) is 28.6. The quantitative estimate of drug-likeness (QED) is 0.405. The van der Waals surface area contributed by atoms with Gasteiger partial charge in [0.15, 0.2) is 5.60 Å². The molecule has 0 bridgehead atoms. The molecule has 3 fully saturated rings. The fraction of sp³-hybridized carbons (Fsp3) is 0.517. The van der Waals surface area contributed by atoms with E-state index >= 15 is 0 Å². The van der Waals surface area contributed by atoms with Crippen LogP contribution in [-0.2, 0) is 24.3 Å². The Morgan fingerprint density at radius 1 is 1.10 bits per heavy atom. The molecule has 2 aliphatic heterocycles. The van der Waals surface area contributed by atoms with Gasteiger partial charge in [-0.15, -0.1) is 0 Å². The van der Waals surface area contributed by atoms with Gasteiger partial charge in [-0.3, -0.25) is 9.59 Å². The number of nitrogens with zero attached hydrogens (tertiary/aromatic N) is 2. The topological polar surface area (TPSA) is 104 Å². The molecule has 11 heteroatoms. The van der Waals surface area contributed by atoms with Gasteiger partial charge >= 0.3 is 5.97 Å². The molecule has 2 heterocycles. The summed E-state index contributed by atoms with van der Waals surface area (Å²) in [6, 6.07) is 12.6. The van der Waals surface area contributed by atoms with Crippen molar-refractivity contribution >= 4 is 45.1 Å². The maximum absolute atomic E-state index is 14.4. The molecule has 40 heavy (non-hydrogen) atoms. The van der Waals surface area contributed by atoms with Gasteiger partial charge < -0.3 is 14.7 Å². The molecule has 1 saturated carbocycles. The van der Waals surface area contributed by atoms with Gasteiger partial charge in [-0.1, -0.05) is 47.5 Å². The van der Waals surface area contributed by atoms with Crippen molar-refractivity contribution in [2.45, 2.75) is 75.8 Å². The first kappa shape index (κ1) is 29.3. The fourth-order valence-electron chi connectivity index (χ4n) is 6.19. The summed E-state index contributed by atoms with van der Waals surface area (Å²) < 4.78 is 35.6. The number of carbonyl (C=O) groups is 2. The highest BCUT2D eigenvalue weighted by molar-refractivity contribution is 7.89. The van der Waals surface area contributed by atoms with E-state index < -0.39 is 52.1 Å². The molecule has 3 aliphatic rings. The van der Waals surface area contributed by atoms with Crippen molar-refractivity contribution in [3.63, 3.8) is 0 Å². The van der Waals surface area contributed by atoms with Gasteiger partial charge in [0.05, 0.1) is 24.3 Å². The Hall–Kier alpha value is -2.17. The molecule has 1 N–H and O–H groups in total. The van der Waals surface area contributed by atoms with Crippen molar-refractivity contribution in [3.05, 3.63) is 69.7 Å². The molecule has 216 valence electrons. The van der Waals surface area contributed by atoms with E-state index in [-0.39, 0.29) is 17.7 Å². The second-order valence-corrected chi connectivity index (χ2v) is 14.2. The first-order chi connectivity index (χ1) is 18.9. The van der Waals surface area contributed by atoms with Crippen LogP contribution in [0.15, 0.2) is 48.5 Å². The average molecular weight is 610 g/mol. The number of morpholine rings is 1. The average Bonchev–Trinajstić information content (AvgIpc) is 3.63. The number of hydrogen-bond acceptors (Lipinski definition) is 5. The molecule has 1 aliphatic carbocycles. The van der Waals surface area contributed by atoms with Gasteiger partial charge in [0.25, 0.3) is 5.91 Å². The third-order valence-electron chi connectivity index (χ3n) is 8.29. The highest BCUT2D eigenvalue weighted by Crippen LogP contribution is 2.50. The molecular formula is C29H34Cl2N2O6S. The number of halogens is 2. The van der Waals surface area contributed by atoms with Gasteiger partial charge in [0.2, 0.25) is 10.0 Å². The number of carboxylic acid groups (broad SMARTS) is 1. The largest absolute Gasteiger partial charge is 0.481 e. The SMILES string of the molecule is CC1CCCN1S(=O)(=O)C[C@H](C1CC1)N1C(=O)[C@@](C)(CC(=O)O)O[C@H](c2cccc(Cl)c2)[C@H]1c1ccc(Cl)cc1. The zero-order valence-electron chi connectivity index (χ0n) is 22.5. The predicted octanol–water partition coefficient (Wildman–Crippen LogP) is 5.46. The lowest BCUT2D eigenvalue weighted by Crippen LogP contribution is -2.62. The Bertz CT molecular complexity index is 1380. The van der Waals surface area contributed by atoms with Crippen molar-refractivity contribution in [2.24, 2.45) is 5.92 Å². The Morgan fingerprint density at radius 2 is 1.80 bits per heavy atom. The minimum Gasteiger partial charge on any atom is -0.481 e.